The largest absolute Gasteiger partial charge is 0.313 e. The lowest BCUT2D eigenvalue weighted by atomic mass is 10.0. The van der Waals surface area contributed by atoms with Crippen molar-refractivity contribution in [3.8, 4) is 11.8 Å². The SMILES string of the molecule is Cc1c(C(=O)CN2CCCCC2)c2c(F)cccc2n1-c1ccc(C#N)cc1. The van der Waals surface area contributed by atoms with Crippen LogP contribution in [0.3, 0.4) is 0 Å². The lowest BCUT2D eigenvalue weighted by molar-refractivity contribution is 0.0916. The fourth-order valence-corrected chi connectivity index (χ4v) is 4.18. The van der Waals surface area contributed by atoms with Crippen LogP contribution in [0.2, 0.25) is 0 Å². The van der Waals surface area contributed by atoms with Gasteiger partial charge < -0.3 is 4.57 Å². The molecule has 1 fully saturated rings. The number of piperidine rings is 1. The van der Waals surface area contributed by atoms with Crippen molar-refractivity contribution in [1.82, 2.24) is 9.47 Å². The highest BCUT2D eigenvalue weighted by Gasteiger charge is 2.25. The van der Waals surface area contributed by atoms with Crippen LogP contribution in [-0.4, -0.2) is 34.9 Å². The second kappa shape index (κ2) is 7.57. The molecule has 0 N–H and O–H groups in total. The van der Waals surface area contributed by atoms with Crippen molar-refractivity contribution in [1.29, 1.82) is 5.26 Å². The van der Waals surface area contributed by atoms with Crippen molar-refractivity contribution >= 4 is 16.7 Å². The van der Waals surface area contributed by atoms with Crippen LogP contribution in [0.4, 0.5) is 4.39 Å². The molecule has 2 heterocycles. The number of halogens is 1. The summed E-state index contributed by atoms with van der Waals surface area (Å²) in [5, 5.41) is 9.42. The molecule has 0 aliphatic carbocycles. The number of aromatic nitrogens is 1. The molecule has 0 atom stereocenters. The average Bonchev–Trinajstić information content (AvgIpc) is 3.02. The van der Waals surface area contributed by atoms with Gasteiger partial charge in [0.05, 0.1) is 29.3 Å². The molecule has 4 nitrogen and oxygen atoms in total. The summed E-state index contributed by atoms with van der Waals surface area (Å²) in [6.45, 7) is 4.02. The summed E-state index contributed by atoms with van der Waals surface area (Å²) in [5.74, 6) is -0.420. The molecule has 1 aliphatic rings. The predicted molar refractivity (Wildman–Crippen MR) is 107 cm³/mol. The smallest absolute Gasteiger partial charge is 0.179 e. The Morgan fingerprint density at radius 1 is 1.11 bits per heavy atom. The number of fused-ring (bicyclic) bond motifs is 1. The number of hydrogen-bond donors (Lipinski definition) is 0. The summed E-state index contributed by atoms with van der Waals surface area (Å²) < 4.78 is 16.7. The average molecular weight is 375 g/mol. The van der Waals surface area contributed by atoms with Crippen molar-refractivity contribution in [2.24, 2.45) is 0 Å². The quantitative estimate of drug-likeness (QED) is 0.625. The molecule has 28 heavy (non-hydrogen) atoms. The van der Waals surface area contributed by atoms with Crippen molar-refractivity contribution < 1.29 is 9.18 Å². The Kier molecular flexibility index (Phi) is 4.97. The van der Waals surface area contributed by atoms with Gasteiger partial charge in [-0.2, -0.15) is 5.26 Å². The lowest BCUT2D eigenvalue weighted by Gasteiger charge is -2.25. The van der Waals surface area contributed by atoms with Gasteiger partial charge in [0.25, 0.3) is 0 Å². The van der Waals surface area contributed by atoms with E-state index in [-0.39, 0.29) is 11.6 Å². The minimum absolute atomic E-state index is 0.0399. The number of nitrogens with zero attached hydrogens (tertiary/aromatic N) is 3. The van der Waals surface area contributed by atoms with Gasteiger partial charge in [0.15, 0.2) is 5.78 Å². The van der Waals surface area contributed by atoms with Crippen molar-refractivity contribution in [3.05, 3.63) is 65.1 Å². The van der Waals surface area contributed by atoms with Crippen LogP contribution >= 0.6 is 0 Å². The van der Waals surface area contributed by atoms with Gasteiger partial charge in [0.2, 0.25) is 0 Å². The predicted octanol–water partition coefficient (Wildman–Crippen LogP) is 4.62. The molecule has 1 saturated heterocycles. The molecule has 0 unspecified atom stereocenters. The first kappa shape index (κ1) is 18.4. The van der Waals surface area contributed by atoms with Gasteiger partial charge in [-0.1, -0.05) is 12.5 Å². The number of likely N-dealkylation sites (tertiary alicyclic amines) is 1. The van der Waals surface area contributed by atoms with E-state index >= 15 is 0 Å². The van der Waals surface area contributed by atoms with Crippen LogP contribution in [0.1, 0.15) is 40.9 Å². The monoisotopic (exact) mass is 375 g/mol. The standard InChI is InChI=1S/C23H22FN3O/c1-16-22(21(28)15-26-12-3-2-4-13-26)23-19(24)6-5-7-20(23)27(16)18-10-8-17(14-25)9-11-18/h5-11H,2-4,12-13,15H2,1H3. The molecule has 3 aromatic rings. The molecule has 1 aliphatic heterocycles. The van der Waals surface area contributed by atoms with Crippen molar-refractivity contribution in [3.63, 3.8) is 0 Å². The summed E-state index contributed by atoms with van der Waals surface area (Å²) in [5.41, 5.74) is 3.23. The normalized spacial score (nSPS) is 14.9. The Hall–Kier alpha value is -2.97. The molecular formula is C23H22FN3O. The molecule has 2 aromatic carbocycles. The van der Waals surface area contributed by atoms with E-state index in [2.05, 4.69) is 11.0 Å². The van der Waals surface area contributed by atoms with Gasteiger partial charge in [0, 0.05) is 16.8 Å². The summed E-state index contributed by atoms with van der Waals surface area (Å²) >= 11 is 0. The molecular weight excluding hydrogens is 353 g/mol. The number of benzene rings is 2. The third-order valence-electron chi connectivity index (χ3n) is 5.53. The zero-order valence-corrected chi connectivity index (χ0v) is 15.9. The van der Waals surface area contributed by atoms with Gasteiger partial charge in [-0.25, -0.2) is 4.39 Å². The number of hydrogen-bond acceptors (Lipinski definition) is 3. The zero-order valence-electron chi connectivity index (χ0n) is 15.9. The van der Waals surface area contributed by atoms with Crippen LogP contribution in [0.15, 0.2) is 42.5 Å². The summed E-state index contributed by atoms with van der Waals surface area (Å²) in [7, 11) is 0. The van der Waals surface area contributed by atoms with Gasteiger partial charge in [-0.15, -0.1) is 0 Å². The highest BCUT2D eigenvalue weighted by Crippen LogP contribution is 2.32. The second-order valence-electron chi connectivity index (χ2n) is 7.35. The fourth-order valence-electron chi connectivity index (χ4n) is 4.18. The van der Waals surface area contributed by atoms with Gasteiger partial charge >= 0.3 is 0 Å². The molecule has 142 valence electrons. The number of carbonyl (C=O) groups excluding carboxylic acids is 1. The maximum atomic E-state index is 14.8. The number of carbonyl (C=O) groups is 1. The first-order chi connectivity index (χ1) is 13.6. The summed E-state index contributed by atoms with van der Waals surface area (Å²) in [6, 6.07) is 14.1. The number of nitriles is 1. The first-order valence-electron chi connectivity index (χ1n) is 9.66. The Balaban J connectivity index is 1.83. The van der Waals surface area contributed by atoms with E-state index in [9.17, 15) is 9.18 Å². The Bertz CT molecular complexity index is 1070. The van der Waals surface area contributed by atoms with E-state index in [1.54, 1.807) is 18.2 Å². The molecule has 0 spiro atoms. The Morgan fingerprint density at radius 2 is 1.82 bits per heavy atom. The molecule has 4 rings (SSSR count). The van der Waals surface area contributed by atoms with Crippen molar-refractivity contribution in [2.45, 2.75) is 26.2 Å². The zero-order chi connectivity index (χ0) is 19.7. The second-order valence-corrected chi connectivity index (χ2v) is 7.35. The lowest BCUT2D eigenvalue weighted by Crippen LogP contribution is -2.34. The first-order valence-corrected chi connectivity index (χ1v) is 9.66. The van der Waals surface area contributed by atoms with E-state index in [1.165, 1.54) is 12.5 Å². The molecule has 0 bridgehead atoms. The Labute approximate surface area is 163 Å². The molecule has 1 aromatic heterocycles. The maximum Gasteiger partial charge on any atom is 0.179 e. The minimum Gasteiger partial charge on any atom is -0.313 e. The number of Topliss-reactive ketones (excluding diaryl/α,β-unsaturated/α-hetero) is 1. The fraction of sp³-hybridized carbons (Fsp3) is 0.304. The van der Waals surface area contributed by atoms with Crippen LogP contribution in [0.25, 0.3) is 16.6 Å². The highest BCUT2D eigenvalue weighted by atomic mass is 19.1. The number of rotatable bonds is 4. The van der Waals surface area contributed by atoms with E-state index in [0.29, 0.717) is 28.6 Å². The maximum absolute atomic E-state index is 14.8. The molecule has 0 saturated carbocycles. The van der Waals surface area contributed by atoms with Crippen LogP contribution in [0.5, 0.6) is 0 Å². The van der Waals surface area contributed by atoms with Crippen molar-refractivity contribution in [2.75, 3.05) is 19.6 Å². The van der Waals surface area contributed by atoms with Crippen LogP contribution < -0.4 is 0 Å². The highest BCUT2D eigenvalue weighted by molar-refractivity contribution is 6.11. The molecule has 0 radical (unpaired) electrons. The van der Waals surface area contributed by atoms with E-state index < -0.39 is 0 Å². The molecule has 0 amide bonds. The minimum atomic E-state index is -0.380. The van der Waals surface area contributed by atoms with E-state index in [4.69, 9.17) is 5.26 Å². The molecule has 5 heteroatoms. The van der Waals surface area contributed by atoms with E-state index in [0.717, 1.165) is 37.3 Å². The van der Waals surface area contributed by atoms with E-state index in [1.807, 2.05) is 29.7 Å². The van der Waals surface area contributed by atoms with Gasteiger partial charge in [0.1, 0.15) is 5.82 Å². The third-order valence-corrected chi connectivity index (χ3v) is 5.53. The van der Waals surface area contributed by atoms with Crippen LogP contribution in [-0.2, 0) is 0 Å². The third kappa shape index (κ3) is 3.21. The van der Waals surface area contributed by atoms with Gasteiger partial charge in [-0.3, -0.25) is 9.69 Å². The van der Waals surface area contributed by atoms with Crippen LogP contribution in [0, 0.1) is 24.1 Å². The summed E-state index contributed by atoms with van der Waals surface area (Å²) in [6.07, 6.45) is 3.41. The number of ketones is 1. The topological polar surface area (TPSA) is 49.0 Å². The Morgan fingerprint density at radius 3 is 2.50 bits per heavy atom. The van der Waals surface area contributed by atoms with Gasteiger partial charge in [-0.05, 0) is 69.3 Å². The summed E-state index contributed by atoms with van der Waals surface area (Å²) in [4.78, 5) is 15.3.